The topological polar surface area (TPSA) is 17.1 Å². The van der Waals surface area contributed by atoms with Gasteiger partial charge in [-0.25, -0.2) is 0 Å². The molecule has 104 valence electrons. The fourth-order valence-electron chi connectivity index (χ4n) is 2.06. The predicted octanol–water partition coefficient (Wildman–Crippen LogP) is 4.43. The minimum atomic E-state index is 0.0377. The molecule has 0 N–H and O–H groups in total. The lowest BCUT2D eigenvalue weighted by atomic mass is 10.1. The fourth-order valence-corrected chi connectivity index (χ4v) is 2.96. The first-order valence-electron chi connectivity index (χ1n) is 6.89. The lowest BCUT2D eigenvalue weighted by molar-refractivity contribution is -0.117. The first-order chi connectivity index (χ1) is 9.65. The number of ketones is 1. The highest BCUT2D eigenvalue weighted by atomic mass is 32.2. The predicted molar refractivity (Wildman–Crippen MR) is 87.1 cm³/mol. The summed E-state index contributed by atoms with van der Waals surface area (Å²) in [7, 11) is 0. The summed E-state index contributed by atoms with van der Waals surface area (Å²) >= 11 is 1.71. The first-order valence-corrected chi connectivity index (χ1v) is 7.94. The molecule has 0 saturated carbocycles. The van der Waals surface area contributed by atoms with E-state index in [9.17, 15) is 4.79 Å². The van der Waals surface area contributed by atoms with Crippen molar-refractivity contribution >= 4 is 17.5 Å². The van der Waals surface area contributed by atoms with Gasteiger partial charge in [-0.05, 0) is 25.0 Å². The van der Waals surface area contributed by atoms with Crippen LogP contribution in [0.25, 0.3) is 0 Å². The fraction of sp³-hybridized carbons (Fsp3) is 0.278. The van der Waals surface area contributed by atoms with E-state index >= 15 is 0 Å². The summed E-state index contributed by atoms with van der Waals surface area (Å²) < 4.78 is 0. The van der Waals surface area contributed by atoms with Crippen molar-refractivity contribution < 1.29 is 4.79 Å². The van der Waals surface area contributed by atoms with Crippen LogP contribution in [0, 0.1) is 6.92 Å². The second-order valence-corrected chi connectivity index (χ2v) is 6.40. The van der Waals surface area contributed by atoms with E-state index < -0.39 is 0 Å². The summed E-state index contributed by atoms with van der Waals surface area (Å²) in [5, 5.41) is 0.0377. The number of carbonyl (C=O) groups excluding carboxylic acids is 1. The third-order valence-electron chi connectivity index (χ3n) is 3.26. The van der Waals surface area contributed by atoms with Gasteiger partial charge in [0.05, 0.1) is 5.25 Å². The summed E-state index contributed by atoms with van der Waals surface area (Å²) in [4.78, 5) is 12.2. The van der Waals surface area contributed by atoms with Crippen LogP contribution in [0.2, 0.25) is 0 Å². The second-order valence-electron chi connectivity index (χ2n) is 5.07. The highest BCUT2D eigenvalue weighted by molar-refractivity contribution is 7.99. The van der Waals surface area contributed by atoms with Crippen molar-refractivity contribution in [3.8, 4) is 0 Å². The highest BCUT2D eigenvalue weighted by Crippen LogP contribution is 2.19. The van der Waals surface area contributed by atoms with E-state index in [-0.39, 0.29) is 5.25 Å². The van der Waals surface area contributed by atoms with Crippen molar-refractivity contribution in [3.63, 3.8) is 0 Å². The zero-order valence-corrected chi connectivity index (χ0v) is 12.8. The van der Waals surface area contributed by atoms with Crippen molar-refractivity contribution in [1.82, 2.24) is 0 Å². The third kappa shape index (κ3) is 4.53. The first kappa shape index (κ1) is 14.9. The number of benzene rings is 2. The summed E-state index contributed by atoms with van der Waals surface area (Å²) in [5.74, 6) is 1.19. The number of rotatable bonds is 6. The minimum absolute atomic E-state index is 0.0377. The molecule has 0 bridgehead atoms. The van der Waals surface area contributed by atoms with Gasteiger partial charge in [-0.3, -0.25) is 4.79 Å². The number of thioether (sulfide) groups is 1. The molecule has 0 saturated heterocycles. The minimum Gasteiger partial charge on any atom is -0.298 e. The van der Waals surface area contributed by atoms with Crippen LogP contribution >= 0.6 is 11.8 Å². The number of hydrogen-bond donors (Lipinski definition) is 0. The van der Waals surface area contributed by atoms with Crippen LogP contribution in [-0.2, 0) is 17.0 Å². The standard InChI is InChI=1S/C18H20OS/c1-14-7-6-10-17(11-14)12-18(19)15(2)20-13-16-8-4-3-5-9-16/h3-11,15H,12-13H2,1-2H3. The number of Topliss-reactive ketones (excluding diaryl/α,β-unsaturated/α-hetero) is 1. The Hall–Kier alpha value is -1.54. The summed E-state index contributed by atoms with van der Waals surface area (Å²) in [5.41, 5.74) is 3.59. The normalized spacial score (nSPS) is 12.1. The van der Waals surface area contributed by atoms with Gasteiger partial charge in [-0.1, -0.05) is 60.2 Å². The van der Waals surface area contributed by atoms with Gasteiger partial charge in [-0.15, -0.1) is 11.8 Å². The average Bonchev–Trinajstić information content (AvgIpc) is 2.46. The monoisotopic (exact) mass is 284 g/mol. The van der Waals surface area contributed by atoms with E-state index in [1.807, 2.05) is 37.3 Å². The zero-order chi connectivity index (χ0) is 14.4. The molecule has 1 unspecified atom stereocenters. The molecule has 0 aliphatic rings. The molecule has 1 atom stereocenters. The third-order valence-corrected chi connectivity index (χ3v) is 4.52. The van der Waals surface area contributed by atoms with E-state index in [4.69, 9.17) is 0 Å². The number of hydrogen-bond acceptors (Lipinski definition) is 2. The maximum Gasteiger partial charge on any atom is 0.149 e. The van der Waals surface area contributed by atoms with E-state index in [1.54, 1.807) is 11.8 Å². The van der Waals surface area contributed by atoms with Gasteiger partial charge in [0.2, 0.25) is 0 Å². The highest BCUT2D eigenvalue weighted by Gasteiger charge is 2.14. The van der Waals surface area contributed by atoms with Crippen molar-refractivity contribution in [3.05, 3.63) is 71.3 Å². The van der Waals surface area contributed by atoms with Gasteiger partial charge in [0.15, 0.2) is 0 Å². The molecule has 0 spiro atoms. The molecular formula is C18H20OS. The Labute approximate surface area is 125 Å². The van der Waals surface area contributed by atoms with Gasteiger partial charge in [0, 0.05) is 12.2 Å². The largest absolute Gasteiger partial charge is 0.298 e. The van der Waals surface area contributed by atoms with Gasteiger partial charge in [0.1, 0.15) is 5.78 Å². The lowest BCUT2D eigenvalue weighted by Crippen LogP contribution is -2.16. The van der Waals surface area contributed by atoms with E-state index in [0.717, 1.165) is 11.3 Å². The van der Waals surface area contributed by atoms with Crippen molar-refractivity contribution in [1.29, 1.82) is 0 Å². The Kier molecular flexibility index (Phi) is 5.42. The summed E-state index contributed by atoms with van der Waals surface area (Å²) in [6.07, 6.45) is 0.532. The molecule has 0 amide bonds. The van der Waals surface area contributed by atoms with E-state index in [1.165, 1.54) is 11.1 Å². The number of carbonyl (C=O) groups is 1. The van der Waals surface area contributed by atoms with Crippen LogP contribution in [0.3, 0.4) is 0 Å². The van der Waals surface area contributed by atoms with E-state index in [2.05, 4.69) is 31.2 Å². The molecule has 20 heavy (non-hydrogen) atoms. The van der Waals surface area contributed by atoms with Gasteiger partial charge in [0.25, 0.3) is 0 Å². The molecule has 1 nitrogen and oxygen atoms in total. The second kappa shape index (κ2) is 7.30. The Morgan fingerprint density at radius 2 is 1.75 bits per heavy atom. The van der Waals surface area contributed by atoms with Crippen LogP contribution in [0.1, 0.15) is 23.6 Å². The quantitative estimate of drug-likeness (QED) is 0.780. The molecule has 0 aliphatic heterocycles. The Morgan fingerprint density at radius 1 is 1.05 bits per heavy atom. The Morgan fingerprint density at radius 3 is 2.45 bits per heavy atom. The maximum atomic E-state index is 12.2. The van der Waals surface area contributed by atoms with Crippen LogP contribution < -0.4 is 0 Å². The molecule has 0 aliphatic carbocycles. The lowest BCUT2D eigenvalue weighted by Gasteiger charge is -2.10. The van der Waals surface area contributed by atoms with Crippen molar-refractivity contribution in [2.75, 3.05) is 0 Å². The molecule has 2 aromatic carbocycles. The maximum absolute atomic E-state index is 12.2. The molecule has 2 aromatic rings. The average molecular weight is 284 g/mol. The van der Waals surface area contributed by atoms with Gasteiger partial charge < -0.3 is 0 Å². The van der Waals surface area contributed by atoms with Crippen molar-refractivity contribution in [2.45, 2.75) is 31.3 Å². The SMILES string of the molecule is Cc1cccc(CC(=O)C(C)SCc2ccccc2)c1. The molecule has 2 rings (SSSR count). The van der Waals surface area contributed by atoms with Gasteiger partial charge in [-0.2, -0.15) is 0 Å². The molecule has 2 heteroatoms. The van der Waals surface area contributed by atoms with E-state index in [0.29, 0.717) is 12.2 Å². The Bertz CT molecular complexity index is 563. The molecule has 0 radical (unpaired) electrons. The summed E-state index contributed by atoms with van der Waals surface area (Å²) in [6, 6.07) is 18.5. The van der Waals surface area contributed by atoms with Crippen LogP contribution in [0.15, 0.2) is 54.6 Å². The molecule has 0 heterocycles. The summed E-state index contributed by atoms with van der Waals surface area (Å²) in [6.45, 7) is 4.06. The smallest absolute Gasteiger partial charge is 0.149 e. The molecule has 0 fully saturated rings. The molecular weight excluding hydrogens is 264 g/mol. The van der Waals surface area contributed by atoms with Crippen molar-refractivity contribution in [2.24, 2.45) is 0 Å². The van der Waals surface area contributed by atoms with Crippen LogP contribution in [0.5, 0.6) is 0 Å². The molecule has 0 aromatic heterocycles. The Balaban J connectivity index is 1.86. The zero-order valence-electron chi connectivity index (χ0n) is 12.0. The number of aryl methyl sites for hydroxylation is 1. The van der Waals surface area contributed by atoms with Crippen LogP contribution in [0.4, 0.5) is 0 Å². The van der Waals surface area contributed by atoms with Gasteiger partial charge >= 0.3 is 0 Å². The van der Waals surface area contributed by atoms with Crippen LogP contribution in [-0.4, -0.2) is 11.0 Å².